The van der Waals surface area contributed by atoms with E-state index >= 15 is 0 Å². The molecule has 0 aliphatic carbocycles. The molecule has 1 aliphatic rings. The maximum atomic E-state index is 12.3. The van der Waals surface area contributed by atoms with E-state index < -0.39 is 11.5 Å². The number of fused-ring (bicyclic) bond motifs is 1. The van der Waals surface area contributed by atoms with Gasteiger partial charge in [0, 0.05) is 24.8 Å². The summed E-state index contributed by atoms with van der Waals surface area (Å²) in [4.78, 5) is 36.0. The molecule has 1 aromatic rings. The highest BCUT2D eigenvalue weighted by Crippen LogP contribution is 2.43. The summed E-state index contributed by atoms with van der Waals surface area (Å²) < 4.78 is 4.53. The first kappa shape index (κ1) is 14.0. The average Bonchev–Trinajstić information content (AvgIpc) is 2.62. The molecule has 0 saturated heterocycles. The minimum atomic E-state index is -0.889. The van der Waals surface area contributed by atoms with E-state index in [9.17, 15) is 14.4 Å². The van der Waals surface area contributed by atoms with Gasteiger partial charge in [0.1, 0.15) is 6.29 Å². The Labute approximate surface area is 116 Å². The van der Waals surface area contributed by atoms with Gasteiger partial charge in [-0.3, -0.25) is 10.1 Å². The van der Waals surface area contributed by atoms with E-state index in [-0.39, 0.29) is 12.3 Å². The predicted octanol–water partition coefficient (Wildman–Crippen LogP) is 1.69. The number of hydrogen-bond acceptors (Lipinski definition) is 4. The summed E-state index contributed by atoms with van der Waals surface area (Å²) >= 11 is 0. The van der Waals surface area contributed by atoms with Gasteiger partial charge >= 0.3 is 6.09 Å². The molecule has 0 spiro atoms. The number of amides is 2. The summed E-state index contributed by atoms with van der Waals surface area (Å²) in [5.74, 6) is -0.130. The van der Waals surface area contributed by atoms with E-state index in [4.69, 9.17) is 0 Å². The minimum absolute atomic E-state index is 0.102. The van der Waals surface area contributed by atoms with Crippen molar-refractivity contribution < 1.29 is 19.1 Å². The third kappa shape index (κ3) is 2.03. The lowest BCUT2D eigenvalue weighted by molar-refractivity contribution is -0.124. The molecule has 0 fully saturated rings. The van der Waals surface area contributed by atoms with Crippen molar-refractivity contribution in [2.75, 3.05) is 24.4 Å². The van der Waals surface area contributed by atoms with Crippen molar-refractivity contribution in [3.63, 3.8) is 0 Å². The van der Waals surface area contributed by atoms with Gasteiger partial charge < -0.3 is 14.4 Å². The topological polar surface area (TPSA) is 75.7 Å². The fourth-order valence-corrected chi connectivity index (χ4v) is 2.48. The van der Waals surface area contributed by atoms with E-state index in [0.29, 0.717) is 5.69 Å². The van der Waals surface area contributed by atoms with Crippen molar-refractivity contribution in [1.82, 2.24) is 0 Å². The number of likely N-dealkylation sites (N-methyl/N-ethyl adjacent to an activating group) is 1. The van der Waals surface area contributed by atoms with Crippen LogP contribution in [0.2, 0.25) is 0 Å². The molecule has 106 valence electrons. The Morgan fingerprint density at radius 2 is 2.20 bits per heavy atom. The Morgan fingerprint density at radius 3 is 2.80 bits per heavy atom. The van der Waals surface area contributed by atoms with Crippen LogP contribution in [0.25, 0.3) is 0 Å². The summed E-state index contributed by atoms with van der Waals surface area (Å²) in [6.07, 6.45) is 0.256. The number of carbonyl (C=O) groups excluding carboxylic acids is 3. The fourth-order valence-electron chi connectivity index (χ4n) is 2.48. The van der Waals surface area contributed by atoms with Crippen molar-refractivity contribution in [3.8, 4) is 0 Å². The van der Waals surface area contributed by atoms with Crippen LogP contribution in [0.4, 0.5) is 16.2 Å². The van der Waals surface area contributed by atoms with E-state index in [1.807, 2.05) is 0 Å². The molecule has 0 bridgehead atoms. The number of methoxy groups -OCH3 is 1. The monoisotopic (exact) mass is 276 g/mol. The molecular weight excluding hydrogens is 260 g/mol. The Hall–Kier alpha value is -2.37. The average molecular weight is 276 g/mol. The summed E-state index contributed by atoms with van der Waals surface area (Å²) in [7, 11) is 2.95. The first-order chi connectivity index (χ1) is 9.43. The smallest absolute Gasteiger partial charge is 0.411 e. The lowest BCUT2D eigenvalue weighted by atomic mass is 9.81. The first-order valence-corrected chi connectivity index (χ1v) is 6.15. The van der Waals surface area contributed by atoms with Crippen molar-refractivity contribution in [2.45, 2.75) is 18.8 Å². The molecular formula is C14H16N2O4. The molecule has 1 unspecified atom stereocenters. The number of benzene rings is 1. The maximum absolute atomic E-state index is 12.3. The highest BCUT2D eigenvalue weighted by molar-refractivity contribution is 6.09. The van der Waals surface area contributed by atoms with Crippen LogP contribution < -0.4 is 10.2 Å². The molecule has 6 nitrogen and oxygen atoms in total. The third-order valence-corrected chi connectivity index (χ3v) is 3.65. The molecule has 0 aromatic heterocycles. The highest BCUT2D eigenvalue weighted by atomic mass is 16.5. The van der Waals surface area contributed by atoms with Crippen LogP contribution in [-0.4, -0.2) is 32.4 Å². The zero-order valence-corrected chi connectivity index (χ0v) is 11.6. The summed E-state index contributed by atoms with van der Waals surface area (Å²) in [5.41, 5.74) is 1.11. The van der Waals surface area contributed by atoms with Gasteiger partial charge in [0.15, 0.2) is 0 Å². The van der Waals surface area contributed by atoms with Crippen LogP contribution in [-0.2, 0) is 19.7 Å². The highest BCUT2D eigenvalue weighted by Gasteiger charge is 2.45. The van der Waals surface area contributed by atoms with Gasteiger partial charge in [0.05, 0.1) is 12.5 Å². The van der Waals surface area contributed by atoms with Gasteiger partial charge in [0.2, 0.25) is 5.91 Å². The van der Waals surface area contributed by atoms with E-state index in [0.717, 1.165) is 17.5 Å². The van der Waals surface area contributed by atoms with Crippen LogP contribution in [0, 0.1) is 0 Å². The van der Waals surface area contributed by atoms with Crippen LogP contribution in [0.15, 0.2) is 18.2 Å². The Morgan fingerprint density at radius 1 is 1.50 bits per heavy atom. The van der Waals surface area contributed by atoms with E-state index in [1.54, 1.807) is 32.2 Å². The van der Waals surface area contributed by atoms with E-state index in [1.165, 1.54) is 12.0 Å². The maximum Gasteiger partial charge on any atom is 0.411 e. The van der Waals surface area contributed by atoms with Crippen molar-refractivity contribution in [2.24, 2.45) is 0 Å². The summed E-state index contributed by atoms with van der Waals surface area (Å²) in [6.45, 7) is 1.73. The number of anilines is 2. The van der Waals surface area contributed by atoms with Crippen molar-refractivity contribution in [1.29, 1.82) is 0 Å². The zero-order chi connectivity index (χ0) is 14.9. The second-order valence-corrected chi connectivity index (χ2v) is 4.92. The summed E-state index contributed by atoms with van der Waals surface area (Å²) in [6, 6.07) is 5.14. The lowest BCUT2D eigenvalue weighted by Gasteiger charge is -2.20. The Bertz CT molecular complexity index is 585. The van der Waals surface area contributed by atoms with Gasteiger partial charge in [-0.1, -0.05) is 0 Å². The van der Waals surface area contributed by atoms with Gasteiger partial charge in [-0.25, -0.2) is 4.79 Å². The van der Waals surface area contributed by atoms with Gasteiger partial charge in [-0.05, 0) is 30.7 Å². The fraction of sp³-hybridized carbons (Fsp3) is 0.357. The minimum Gasteiger partial charge on any atom is -0.453 e. The van der Waals surface area contributed by atoms with Crippen LogP contribution in [0.1, 0.15) is 18.9 Å². The Balaban J connectivity index is 2.46. The normalized spacial score (nSPS) is 20.6. The van der Waals surface area contributed by atoms with Crippen molar-refractivity contribution in [3.05, 3.63) is 23.8 Å². The molecule has 1 heterocycles. The number of nitrogens with one attached hydrogen (secondary N) is 1. The number of carbonyl (C=O) groups is 3. The van der Waals surface area contributed by atoms with Gasteiger partial charge in [-0.2, -0.15) is 0 Å². The molecule has 2 rings (SSSR count). The molecule has 0 saturated carbocycles. The lowest BCUT2D eigenvalue weighted by Crippen LogP contribution is -2.36. The molecule has 0 radical (unpaired) electrons. The molecule has 6 heteroatoms. The number of rotatable bonds is 3. The molecule has 1 atom stereocenters. The first-order valence-electron chi connectivity index (χ1n) is 6.15. The van der Waals surface area contributed by atoms with Crippen LogP contribution >= 0.6 is 0 Å². The SMILES string of the molecule is COC(=O)Nc1ccc2c(c1)C(C)(CC=O)C(=O)N2C. The number of nitrogens with zero attached hydrogens (tertiary/aromatic N) is 1. The van der Waals surface area contributed by atoms with Crippen LogP contribution in [0.3, 0.4) is 0 Å². The molecule has 1 aromatic carbocycles. The van der Waals surface area contributed by atoms with Crippen LogP contribution in [0.5, 0.6) is 0 Å². The largest absolute Gasteiger partial charge is 0.453 e. The number of aldehydes is 1. The quantitative estimate of drug-likeness (QED) is 0.852. The molecule has 1 aliphatic heterocycles. The standard InChI is InChI=1S/C14H16N2O4/c1-14(6-7-17)10-8-9(15-13(19)20-3)4-5-11(10)16(2)12(14)18/h4-5,7-8H,6H2,1-3H3,(H,15,19). The zero-order valence-electron chi connectivity index (χ0n) is 11.6. The molecule has 1 N–H and O–H groups in total. The van der Waals surface area contributed by atoms with E-state index in [2.05, 4.69) is 10.1 Å². The van der Waals surface area contributed by atoms with Gasteiger partial charge in [0.25, 0.3) is 0 Å². The summed E-state index contributed by atoms with van der Waals surface area (Å²) in [5, 5.41) is 2.55. The predicted molar refractivity (Wildman–Crippen MR) is 73.9 cm³/mol. The van der Waals surface area contributed by atoms with Gasteiger partial charge in [-0.15, -0.1) is 0 Å². The Kier molecular flexibility index (Phi) is 3.48. The molecule has 20 heavy (non-hydrogen) atoms. The number of ether oxygens (including phenoxy) is 1. The second kappa shape index (κ2) is 4.96. The number of hydrogen-bond donors (Lipinski definition) is 1. The van der Waals surface area contributed by atoms with Crippen molar-refractivity contribution >= 4 is 29.7 Å². The third-order valence-electron chi connectivity index (χ3n) is 3.65. The second-order valence-electron chi connectivity index (χ2n) is 4.92. The molecule has 2 amide bonds.